The fraction of sp³-hybridized carbons (Fsp3) is 0.656. The third-order valence-corrected chi connectivity index (χ3v) is 11.4. The molecule has 0 bridgehead atoms. The van der Waals surface area contributed by atoms with E-state index in [0.29, 0.717) is 24.7 Å². The first-order chi connectivity index (χ1) is 17.5. The second kappa shape index (κ2) is 9.89. The van der Waals surface area contributed by atoms with Gasteiger partial charge < -0.3 is 15.3 Å². The van der Waals surface area contributed by atoms with Crippen molar-refractivity contribution in [2.24, 2.45) is 22.7 Å². The summed E-state index contributed by atoms with van der Waals surface area (Å²) in [4.78, 5) is 5.82. The van der Waals surface area contributed by atoms with Gasteiger partial charge in [0.05, 0.1) is 23.7 Å². The summed E-state index contributed by atoms with van der Waals surface area (Å²) in [6.45, 7) is 13.4. The molecule has 4 aliphatic carbocycles. The van der Waals surface area contributed by atoms with Gasteiger partial charge in [0.1, 0.15) is 5.01 Å². The summed E-state index contributed by atoms with van der Waals surface area (Å²) in [5.41, 5.74) is 3.31. The topological polar surface area (TPSA) is 73.6 Å². The van der Waals surface area contributed by atoms with Crippen molar-refractivity contribution in [2.75, 3.05) is 0 Å². The molecule has 4 nitrogen and oxygen atoms in total. The minimum atomic E-state index is -0.641. The number of hydrogen-bond donors (Lipinski definition) is 3. The molecular formula is C32H45NO3S. The zero-order valence-electron chi connectivity index (χ0n) is 23.0. The summed E-state index contributed by atoms with van der Waals surface area (Å²) in [5.74, 6) is 1.11. The molecular weight excluding hydrogens is 478 g/mol. The fourth-order valence-electron chi connectivity index (χ4n) is 7.92. The van der Waals surface area contributed by atoms with Crippen molar-refractivity contribution in [3.05, 3.63) is 63.7 Å². The Kier molecular flexibility index (Phi) is 7.23. The lowest BCUT2D eigenvalue weighted by Crippen LogP contribution is -2.39. The van der Waals surface area contributed by atoms with Gasteiger partial charge in [-0.3, -0.25) is 0 Å². The minimum Gasteiger partial charge on any atom is -0.393 e. The summed E-state index contributed by atoms with van der Waals surface area (Å²) < 4.78 is 0. The molecule has 3 N–H and O–H groups in total. The quantitative estimate of drug-likeness (QED) is 0.369. The Morgan fingerprint density at radius 3 is 2.62 bits per heavy atom. The van der Waals surface area contributed by atoms with E-state index in [2.05, 4.69) is 63.6 Å². The van der Waals surface area contributed by atoms with E-state index in [1.165, 1.54) is 36.1 Å². The lowest BCUT2D eigenvalue weighted by Gasteiger charge is -2.47. The molecule has 0 radical (unpaired) electrons. The van der Waals surface area contributed by atoms with Crippen LogP contribution in [0.25, 0.3) is 0 Å². The van der Waals surface area contributed by atoms with E-state index in [1.54, 1.807) is 11.3 Å². The van der Waals surface area contributed by atoms with E-state index in [0.717, 1.165) is 35.4 Å². The highest BCUT2D eigenvalue weighted by Gasteiger charge is 2.54. The van der Waals surface area contributed by atoms with Crippen LogP contribution in [-0.4, -0.2) is 38.6 Å². The molecule has 0 aromatic carbocycles. The van der Waals surface area contributed by atoms with E-state index in [1.807, 2.05) is 6.20 Å². The van der Waals surface area contributed by atoms with Crippen LogP contribution < -0.4 is 0 Å². The number of rotatable bonds is 6. The number of thiazole rings is 1. The van der Waals surface area contributed by atoms with Crippen LogP contribution in [0.15, 0.2) is 53.8 Å². The average molecular weight is 524 g/mol. The van der Waals surface area contributed by atoms with Gasteiger partial charge in [0.15, 0.2) is 0 Å². The minimum absolute atomic E-state index is 0.00779. The van der Waals surface area contributed by atoms with Crippen LogP contribution in [0.4, 0.5) is 0 Å². The molecule has 37 heavy (non-hydrogen) atoms. The van der Waals surface area contributed by atoms with E-state index in [4.69, 9.17) is 0 Å². The standard InChI is InChI=1S/C32H45NO3S/c1-20-19-33-29(37-20)32(15-16-32)28(36)12-14-30(3,4)27-11-10-25-22(7-6-13-31(25,27)5)8-9-23-17-24(34)18-26(35)21(23)2/h8-9,12,14,19,24-28,34-36H,2,6-7,10-11,13,15-18H2,1,3-5H3/b14-12+,22-8+,23-9-/t24-,25+,26+,27-,28-,31+/m1/s1. The third-order valence-electron chi connectivity index (χ3n) is 10.2. The first kappa shape index (κ1) is 27.1. The second-order valence-corrected chi connectivity index (χ2v) is 14.4. The van der Waals surface area contributed by atoms with Gasteiger partial charge in [-0.15, -0.1) is 11.3 Å². The Morgan fingerprint density at radius 2 is 1.95 bits per heavy atom. The van der Waals surface area contributed by atoms with Gasteiger partial charge in [0.2, 0.25) is 0 Å². The Hall–Kier alpha value is -1.53. The summed E-state index contributed by atoms with van der Waals surface area (Å²) in [6.07, 6.45) is 18.1. The number of aliphatic hydroxyl groups excluding tert-OH is 3. The molecule has 1 aromatic rings. The SMILES string of the molecule is C=C1/C(=C\C=C2/CCC[C@]3(C)[C@@H](C(C)(C)/C=C/[C@@H](O)C4(c5ncc(C)s5)CC4)CC[C@@H]23)C[C@@H](O)C[C@@H]1O. The van der Waals surface area contributed by atoms with Crippen LogP contribution in [-0.2, 0) is 5.41 Å². The largest absolute Gasteiger partial charge is 0.393 e. The van der Waals surface area contributed by atoms with Crippen molar-refractivity contribution < 1.29 is 15.3 Å². The third kappa shape index (κ3) is 4.97. The number of hydrogen-bond acceptors (Lipinski definition) is 5. The van der Waals surface area contributed by atoms with Crippen molar-refractivity contribution in [1.82, 2.24) is 4.98 Å². The fourth-order valence-corrected chi connectivity index (χ4v) is 8.97. The van der Waals surface area contributed by atoms with Crippen molar-refractivity contribution in [1.29, 1.82) is 0 Å². The van der Waals surface area contributed by atoms with Gasteiger partial charge in [-0.1, -0.05) is 57.2 Å². The zero-order valence-corrected chi connectivity index (χ0v) is 23.9. The van der Waals surface area contributed by atoms with Crippen LogP contribution in [0.5, 0.6) is 0 Å². The highest BCUT2D eigenvalue weighted by atomic mass is 32.1. The normalized spacial score (nSPS) is 36.9. The van der Waals surface area contributed by atoms with Crippen LogP contribution in [0, 0.1) is 29.6 Å². The maximum absolute atomic E-state index is 11.2. The van der Waals surface area contributed by atoms with Crippen molar-refractivity contribution in [2.45, 2.75) is 109 Å². The summed E-state index contributed by atoms with van der Waals surface area (Å²) in [6, 6.07) is 0. The molecule has 4 fully saturated rings. The summed E-state index contributed by atoms with van der Waals surface area (Å²) >= 11 is 1.72. The summed E-state index contributed by atoms with van der Waals surface area (Å²) in [7, 11) is 0. The number of aryl methyl sites for hydroxylation is 1. The Morgan fingerprint density at radius 1 is 1.19 bits per heavy atom. The number of aliphatic hydroxyl groups is 3. The molecule has 5 rings (SSSR count). The zero-order chi connectivity index (χ0) is 26.6. The molecule has 1 aromatic heterocycles. The van der Waals surface area contributed by atoms with Crippen molar-refractivity contribution in [3.63, 3.8) is 0 Å². The van der Waals surface area contributed by atoms with Gasteiger partial charge >= 0.3 is 0 Å². The molecule has 4 aliphatic rings. The lowest BCUT2D eigenvalue weighted by atomic mass is 9.57. The van der Waals surface area contributed by atoms with Gasteiger partial charge in [-0.05, 0) is 92.1 Å². The van der Waals surface area contributed by atoms with Crippen molar-refractivity contribution >= 4 is 11.3 Å². The highest BCUT2D eigenvalue weighted by Crippen LogP contribution is 2.62. The molecule has 0 amide bonds. The van der Waals surface area contributed by atoms with Gasteiger partial charge in [0.25, 0.3) is 0 Å². The number of aromatic nitrogens is 1. The molecule has 0 aliphatic heterocycles. The van der Waals surface area contributed by atoms with Crippen LogP contribution in [0.2, 0.25) is 0 Å². The number of fused-ring (bicyclic) bond motifs is 1. The molecule has 0 spiro atoms. The van der Waals surface area contributed by atoms with E-state index in [-0.39, 0.29) is 16.2 Å². The highest BCUT2D eigenvalue weighted by molar-refractivity contribution is 7.11. The van der Waals surface area contributed by atoms with Gasteiger partial charge in [-0.2, -0.15) is 0 Å². The molecule has 0 unspecified atom stereocenters. The lowest BCUT2D eigenvalue weighted by molar-refractivity contribution is 0.0706. The molecule has 0 saturated heterocycles. The van der Waals surface area contributed by atoms with E-state index >= 15 is 0 Å². The number of allylic oxidation sites excluding steroid dienone is 4. The predicted octanol–water partition coefficient (Wildman–Crippen LogP) is 6.57. The number of nitrogens with zero attached hydrogens (tertiary/aromatic N) is 1. The smallest absolute Gasteiger partial charge is 0.102 e. The summed E-state index contributed by atoms with van der Waals surface area (Å²) in [5, 5.41) is 32.7. The second-order valence-electron chi connectivity index (χ2n) is 13.2. The van der Waals surface area contributed by atoms with Gasteiger partial charge in [0, 0.05) is 17.5 Å². The molecule has 6 atom stereocenters. The Balaban J connectivity index is 1.33. The Labute approximate surface area is 226 Å². The van der Waals surface area contributed by atoms with Crippen LogP contribution in [0.3, 0.4) is 0 Å². The monoisotopic (exact) mass is 523 g/mol. The molecule has 5 heteroatoms. The first-order valence-electron chi connectivity index (χ1n) is 14.2. The average Bonchev–Trinajstić information content (AvgIpc) is 3.40. The van der Waals surface area contributed by atoms with Gasteiger partial charge in [-0.25, -0.2) is 4.98 Å². The maximum atomic E-state index is 11.2. The van der Waals surface area contributed by atoms with Crippen LogP contribution in [0.1, 0.15) is 88.4 Å². The first-order valence-corrected chi connectivity index (χ1v) is 15.0. The molecule has 4 saturated carbocycles. The maximum Gasteiger partial charge on any atom is 0.102 e. The van der Waals surface area contributed by atoms with Crippen LogP contribution >= 0.6 is 11.3 Å². The predicted molar refractivity (Wildman–Crippen MR) is 151 cm³/mol. The molecule has 1 heterocycles. The van der Waals surface area contributed by atoms with E-state index in [9.17, 15) is 15.3 Å². The van der Waals surface area contributed by atoms with Crippen molar-refractivity contribution in [3.8, 4) is 0 Å². The molecule has 202 valence electrons. The van der Waals surface area contributed by atoms with E-state index < -0.39 is 18.3 Å². The Bertz CT molecular complexity index is 1120.